The Kier molecular flexibility index (Phi) is 7.25. The Morgan fingerprint density at radius 2 is 1.81 bits per heavy atom. The highest BCUT2D eigenvalue weighted by Gasteiger charge is 2.25. The van der Waals surface area contributed by atoms with Gasteiger partial charge < -0.3 is 10.6 Å². The van der Waals surface area contributed by atoms with Crippen LogP contribution in [0.25, 0.3) is 0 Å². The number of hydrogen-bond donors (Lipinski definition) is 1. The zero-order valence-corrected chi connectivity index (χ0v) is 12.2. The molecule has 16 heavy (non-hydrogen) atoms. The van der Waals surface area contributed by atoms with Gasteiger partial charge in [-0.15, -0.1) is 0 Å². The number of nitrogens with two attached hydrogens (primary N) is 1. The van der Waals surface area contributed by atoms with Crippen molar-refractivity contribution in [2.45, 2.75) is 59.9 Å². The number of hydrogen-bond acceptors (Lipinski definition) is 2. The van der Waals surface area contributed by atoms with Crippen LogP contribution in [-0.2, 0) is 0 Å². The molecular formula is C14H32N2. The Labute approximate surface area is 103 Å². The van der Waals surface area contributed by atoms with Crippen LogP contribution >= 0.6 is 0 Å². The fourth-order valence-corrected chi connectivity index (χ4v) is 2.47. The third-order valence-corrected chi connectivity index (χ3v) is 3.54. The average Bonchev–Trinajstić information content (AvgIpc) is 2.17. The largest absolute Gasteiger partial charge is 0.330 e. The van der Waals surface area contributed by atoms with Crippen LogP contribution in [-0.4, -0.2) is 31.1 Å². The molecule has 0 aliphatic rings. The van der Waals surface area contributed by atoms with Gasteiger partial charge in [-0.2, -0.15) is 0 Å². The van der Waals surface area contributed by atoms with Crippen LogP contribution in [0.15, 0.2) is 0 Å². The predicted octanol–water partition coefficient (Wildman–Crippen LogP) is 3.12. The van der Waals surface area contributed by atoms with Crippen molar-refractivity contribution >= 4 is 0 Å². The molecule has 0 fully saturated rings. The third-order valence-electron chi connectivity index (χ3n) is 3.54. The van der Waals surface area contributed by atoms with Crippen LogP contribution in [0.1, 0.15) is 53.9 Å². The summed E-state index contributed by atoms with van der Waals surface area (Å²) in [5.41, 5.74) is 6.20. The predicted molar refractivity (Wildman–Crippen MR) is 73.6 cm³/mol. The highest BCUT2D eigenvalue weighted by Crippen LogP contribution is 2.24. The second-order valence-electron chi connectivity index (χ2n) is 6.16. The maximum atomic E-state index is 5.92. The van der Waals surface area contributed by atoms with Gasteiger partial charge in [-0.05, 0) is 44.7 Å². The summed E-state index contributed by atoms with van der Waals surface area (Å²) in [4.78, 5) is 2.47. The van der Waals surface area contributed by atoms with Crippen molar-refractivity contribution in [3.63, 3.8) is 0 Å². The summed E-state index contributed by atoms with van der Waals surface area (Å²) < 4.78 is 0. The fourth-order valence-electron chi connectivity index (χ4n) is 2.47. The van der Waals surface area contributed by atoms with E-state index in [1.54, 1.807) is 0 Å². The summed E-state index contributed by atoms with van der Waals surface area (Å²) in [6.45, 7) is 13.4. The first kappa shape index (κ1) is 15.9. The van der Waals surface area contributed by atoms with Gasteiger partial charge in [0.05, 0.1) is 0 Å². The van der Waals surface area contributed by atoms with Gasteiger partial charge in [0, 0.05) is 12.6 Å². The van der Waals surface area contributed by atoms with Gasteiger partial charge in [-0.3, -0.25) is 0 Å². The van der Waals surface area contributed by atoms with E-state index in [1.165, 1.54) is 19.3 Å². The summed E-state index contributed by atoms with van der Waals surface area (Å²) in [6, 6.07) is 0.655. The molecule has 0 rings (SSSR count). The molecule has 2 N–H and O–H groups in total. The van der Waals surface area contributed by atoms with E-state index in [9.17, 15) is 0 Å². The van der Waals surface area contributed by atoms with Crippen molar-refractivity contribution in [1.82, 2.24) is 4.90 Å². The molecular weight excluding hydrogens is 196 g/mol. The van der Waals surface area contributed by atoms with Crippen LogP contribution in [0.2, 0.25) is 0 Å². The lowest BCUT2D eigenvalue weighted by molar-refractivity contribution is 0.139. The van der Waals surface area contributed by atoms with E-state index in [2.05, 4.69) is 46.6 Å². The third kappa shape index (κ3) is 5.86. The highest BCUT2D eigenvalue weighted by atomic mass is 15.1. The monoisotopic (exact) mass is 228 g/mol. The Morgan fingerprint density at radius 3 is 2.19 bits per heavy atom. The van der Waals surface area contributed by atoms with Gasteiger partial charge in [0.2, 0.25) is 0 Å². The molecule has 2 nitrogen and oxygen atoms in total. The Hall–Kier alpha value is -0.0800. The summed E-state index contributed by atoms with van der Waals surface area (Å²) in [6.07, 6.45) is 3.71. The molecule has 2 atom stereocenters. The van der Waals surface area contributed by atoms with Crippen LogP contribution in [0.4, 0.5) is 0 Å². The van der Waals surface area contributed by atoms with E-state index in [0.29, 0.717) is 6.04 Å². The Morgan fingerprint density at radius 1 is 1.25 bits per heavy atom. The molecule has 98 valence electrons. The van der Waals surface area contributed by atoms with Crippen molar-refractivity contribution in [2.24, 2.45) is 17.1 Å². The second-order valence-corrected chi connectivity index (χ2v) is 6.16. The normalized spacial score (nSPS) is 17.8. The SMILES string of the molecule is CCCC(C)(CN)CN(C)C(C)CC(C)C. The van der Waals surface area contributed by atoms with E-state index < -0.39 is 0 Å². The molecule has 0 saturated heterocycles. The molecule has 0 spiro atoms. The minimum Gasteiger partial charge on any atom is -0.330 e. The van der Waals surface area contributed by atoms with Crippen LogP contribution in [0, 0.1) is 11.3 Å². The fraction of sp³-hybridized carbons (Fsp3) is 1.00. The first-order valence-corrected chi connectivity index (χ1v) is 6.75. The molecule has 0 aromatic carbocycles. The maximum Gasteiger partial charge on any atom is 0.00665 e. The first-order chi connectivity index (χ1) is 7.34. The van der Waals surface area contributed by atoms with Gasteiger partial charge in [-0.25, -0.2) is 0 Å². The van der Waals surface area contributed by atoms with Crippen LogP contribution in [0.5, 0.6) is 0 Å². The molecule has 0 heterocycles. The summed E-state index contributed by atoms with van der Waals surface area (Å²) in [7, 11) is 2.23. The van der Waals surface area contributed by atoms with Gasteiger partial charge in [-0.1, -0.05) is 34.1 Å². The first-order valence-electron chi connectivity index (χ1n) is 6.75. The second kappa shape index (κ2) is 7.29. The topological polar surface area (TPSA) is 29.3 Å². The van der Waals surface area contributed by atoms with Crippen molar-refractivity contribution in [3.05, 3.63) is 0 Å². The number of nitrogens with zero attached hydrogens (tertiary/aromatic N) is 1. The van der Waals surface area contributed by atoms with Crippen molar-refractivity contribution in [2.75, 3.05) is 20.1 Å². The van der Waals surface area contributed by atoms with Gasteiger partial charge >= 0.3 is 0 Å². The molecule has 0 aromatic rings. The lowest BCUT2D eigenvalue weighted by atomic mass is 9.84. The quantitative estimate of drug-likeness (QED) is 0.691. The van der Waals surface area contributed by atoms with Crippen LogP contribution in [0.3, 0.4) is 0 Å². The van der Waals surface area contributed by atoms with E-state index >= 15 is 0 Å². The van der Waals surface area contributed by atoms with Gasteiger partial charge in [0.15, 0.2) is 0 Å². The zero-order valence-electron chi connectivity index (χ0n) is 12.2. The maximum absolute atomic E-state index is 5.92. The smallest absolute Gasteiger partial charge is 0.00665 e. The summed E-state index contributed by atoms with van der Waals surface area (Å²) in [5, 5.41) is 0. The van der Waals surface area contributed by atoms with Crippen LogP contribution < -0.4 is 5.73 Å². The van der Waals surface area contributed by atoms with E-state index in [4.69, 9.17) is 5.73 Å². The van der Waals surface area contributed by atoms with Gasteiger partial charge in [0.25, 0.3) is 0 Å². The minimum absolute atomic E-state index is 0.286. The minimum atomic E-state index is 0.286. The standard InChI is InChI=1S/C14H32N2/c1-7-8-14(5,10-15)11-16(6)13(4)9-12(2)3/h12-13H,7-11,15H2,1-6H3. The lowest BCUT2D eigenvalue weighted by Crippen LogP contribution is -2.42. The molecule has 2 unspecified atom stereocenters. The van der Waals surface area contributed by atoms with Crippen molar-refractivity contribution < 1.29 is 0 Å². The van der Waals surface area contributed by atoms with Gasteiger partial charge in [0.1, 0.15) is 0 Å². The summed E-state index contributed by atoms with van der Waals surface area (Å²) >= 11 is 0. The molecule has 0 aromatic heterocycles. The number of rotatable bonds is 8. The van der Waals surface area contributed by atoms with Crippen molar-refractivity contribution in [3.8, 4) is 0 Å². The van der Waals surface area contributed by atoms with E-state index in [1.807, 2.05) is 0 Å². The molecule has 0 aliphatic carbocycles. The lowest BCUT2D eigenvalue weighted by Gasteiger charge is -2.36. The van der Waals surface area contributed by atoms with Crippen molar-refractivity contribution in [1.29, 1.82) is 0 Å². The zero-order chi connectivity index (χ0) is 12.8. The highest BCUT2D eigenvalue weighted by molar-refractivity contribution is 4.80. The molecule has 0 saturated carbocycles. The molecule has 0 aliphatic heterocycles. The Bertz CT molecular complexity index is 180. The van der Waals surface area contributed by atoms with E-state index in [0.717, 1.165) is 19.0 Å². The van der Waals surface area contributed by atoms with E-state index in [-0.39, 0.29) is 5.41 Å². The summed E-state index contributed by atoms with van der Waals surface area (Å²) in [5.74, 6) is 0.771. The molecule has 0 amide bonds. The Balaban J connectivity index is 4.23. The molecule has 0 bridgehead atoms. The molecule has 2 heteroatoms. The average molecular weight is 228 g/mol. The molecule has 0 radical (unpaired) electrons.